The molecule has 1 aromatic carbocycles. The minimum Gasteiger partial charge on any atom is -0.377 e. The average Bonchev–Trinajstić information content (AvgIpc) is 3.34. The summed E-state index contributed by atoms with van der Waals surface area (Å²) in [4.78, 5) is 11.8. The van der Waals surface area contributed by atoms with E-state index in [1.807, 2.05) is 17.5 Å². The number of aromatic nitrogens is 3. The smallest absolute Gasteiger partial charge is 0.237 e. The van der Waals surface area contributed by atoms with E-state index in [4.69, 9.17) is 14.7 Å². The summed E-state index contributed by atoms with van der Waals surface area (Å²) in [7, 11) is -3.49. The first-order chi connectivity index (χ1) is 13.9. The molecule has 7 nitrogen and oxygen atoms in total. The van der Waals surface area contributed by atoms with Gasteiger partial charge in [0, 0.05) is 28.4 Å². The molecular weight excluding hydrogens is 408 g/mol. The zero-order valence-electron chi connectivity index (χ0n) is 16.1. The Balaban J connectivity index is 1.82. The molecule has 1 atom stereocenters. The Hall–Kier alpha value is -2.49. The Kier molecular flexibility index (Phi) is 4.34. The van der Waals surface area contributed by atoms with Gasteiger partial charge in [0.05, 0.1) is 30.9 Å². The second-order valence-electron chi connectivity index (χ2n) is 7.24. The Bertz CT molecular complexity index is 1330. The quantitative estimate of drug-likeness (QED) is 0.498. The van der Waals surface area contributed by atoms with Gasteiger partial charge in [0.25, 0.3) is 0 Å². The van der Waals surface area contributed by atoms with Gasteiger partial charge < -0.3 is 9.64 Å². The van der Waals surface area contributed by atoms with Gasteiger partial charge in [0.1, 0.15) is 5.82 Å². The highest BCUT2D eigenvalue weighted by atomic mass is 32.2. The van der Waals surface area contributed by atoms with Crippen molar-refractivity contribution < 1.29 is 13.2 Å². The fraction of sp³-hybridized carbons (Fsp3) is 0.300. The van der Waals surface area contributed by atoms with E-state index in [1.54, 1.807) is 23.6 Å². The first kappa shape index (κ1) is 18.5. The maximum atomic E-state index is 12.3. The summed E-state index contributed by atoms with van der Waals surface area (Å²) in [6.07, 6.45) is 2.74. The number of ether oxygens (including phenoxy) is 1. The van der Waals surface area contributed by atoms with E-state index < -0.39 is 10.0 Å². The fourth-order valence-corrected chi connectivity index (χ4v) is 5.36. The molecule has 1 fully saturated rings. The number of benzene rings is 1. The number of nitrogens with zero attached hydrogens (tertiary/aromatic N) is 4. The molecule has 5 rings (SSSR count). The van der Waals surface area contributed by atoms with Crippen molar-refractivity contribution in [3.05, 3.63) is 41.9 Å². The van der Waals surface area contributed by atoms with E-state index in [-0.39, 0.29) is 6.04 Å². The normalized spacial score (nSPS) is 18.0. The summed E-state index contributed by atoms with van der Waals surface area (Å²) in [5.74, 6) is 1.27. The third kappa shape index (κ3) is 3.09. The van der Waals surface area contributed by atoms with Crippen LogP contribution in [0.25, 0.3) is 32.5 Å². The van der Waals surface area contributed by atoms with Gasteiger partial charge in [-0.05, 0) is 30.5 Å². The predicted molar refractivity (Wildman–Crippen MR) is 116 cm³/mol. The zero-order chi connectivity index (χ0) is 20.2. The molecule has 1 saturated heterocycles. The van der Waals surface area contributed by atoms with Crippen LogP contribution in [0, 0.1) is 0 Å². The maximum absolute atomic E-state index is 12.3. The van der Waals surface area contributed by atoms with Gasteiger partial charge in [-0.2, -0.15) is 0 Å². The van der Waals surface area contributed by atoms with Gasteiger partial charge in [-0.1, -0.05) is 12.1 Å². The predicted octanol–water partition coefficient (Wildman–Crippen LogP) is 3.35. The Labute approximate surface area is 172 Å². The van der Waals surface area contributed by atoms with Gasteiger partial charge in [0.15, 0.2) is 11.5 Å². The molecule has 4 heterocycles. The number of anilines is 1. The molecule has 0 radical (unpaired) electrons. The van der Waals surface area contributed by atoms with Crippen LogP contribution < -0.4 is 4.90 Å². The molecule has 0 bridgehead atoms. The largest absolute Gasteiger partial charge is 0.377 e. The van der Waals surface area contributed by atoms with Crippen LogP contribution in [0.5, 0.6) is 0 Å². The molecule has 150 valence electrons. The standard InChI is InChI=1S/C20H20N4O3S2/c1-13-12-27-10-9-23(13)19-16-6-8-24(29(2,25)26)20(16)22-18(21-19)15-4-3-5-17-14(15)7-11-28-17/h3-8,11,13H,9-10,12H2,1-2H3/t13-/m1/s1. The molecule has 1 aliphatic heterocycles. The van der Waals surface area contributed by atoms with Gasteiger partial charge in [-0.3, -0.25) is 0 Å². The van der Waals surface area contributed by atoms with Crippen LogP contribution in [0.4, 0.5) is 5.82 Å². The van der Waals surface area contributed by atoms with Gasteiger partial charge in [0.2, 0.25) is 10.0 Å². The van der Waals surface area contributed by atoms with Crippen LogP contribution >= 0.6 is 11.3 Å². The van der Waals surface area contributed by atoms with E-state index in [9.17, 15) is 8.42 Å². The van der Waals surface area contributed by atoms with Gasteiger partial charge in [-0.25, -0.2) is 22.4 Å². The molecule has 0 spiro atoms. The SMILES string of the molecule is C[C@@H]1COCCN1c1nc(-c2cccc3sccc23)nc2c1ccn2S(C)(=O)=O. The minimum absolute atomic E-state index is 0.133. The van der Waals surface area contributed by atoms with Crippen molar-refractivity contribution in [2.45, 2.75) is 13.0 Å². The highest BCUT2D eigenvalue weighted by molar-refractivity contribution is 7.89. The Morgan fingerprint density at radius 1 is 1.17 bits per heavy atom. The average molecular weight is 429 g/mol. The van der Waals surface area contributed by atoms with E-state index in [1.165, 1.54) is 10.2 Å². The summed E-state index contributed by atoms with van der Waals surface area (Å²) >= 11 is 1.66. The van der Waals surface area contributed by atoms with E-state index in [0.29, 0.717) is 31.2 Å². The molecule has 0 saturated carbocycles. The van der Waals surface area contributed by atoms with Crippen molar-refractivity contribution in [1.82, 2.24) is 13.9 Å². The molecular formula is C20H20N4O3S2. The number of rotatable bonds is 3. The van der Waals surface area contributed by atoms with Crippen LogP contribution in [0.2, 0.25) is 0 Å². The number of hydrogen-bond donors (Lipinski definition) is 0. The lowest BCUT2D eigenvalue weighted by molar-refractivity contribution is 0.0987. The van der Waals surface area contributed by atoms with E-state index >= 15 is 0 Å². The molecule has 0 N–H and O–H groups in total. The van der Waals surface area contributed by atoms with Crippen LogP contribution in [0.15, 0.2) is 41.9 Å². The Morgan fingerprint density at radius 3 is 2.83 bits per heavy atom. The van der Waals surface area contributed by atoms with Crippen molar-refractivity contribution in [1.29, 1.82) is 0 Å². The minimum atomic E-state index is -3.49. The summed E-state index contributed by atoms with van der Waals surface area (Å²) in [6.45, 7) is 3.99. The Morgan fingerprint density at radius 2 is 2.03 bits per heavy atom. The van der Waals surface area contributed by atoms with Crippen molar-refractivity contribution in [2.24, 2.45) is 0 Å². The number of morpholine rings is 1. The van der Waals surface area contributed by atoms with Crippen LogP contribution in [-0.4, -0.2) is 54.4 Å². The van der Waals surface area contributed by atoms with Crippen molar-refractivity contribution in [2.75, 3.05) is 30.9 Å². The van der Waals surface area contributed by atoms with Crippen LogP contribution in [-0.2, 0) is 14.8 Å². The summed E-state index contributed by atoms with van der Waals surface area (Å²) in [5, 5.41) is 3.83. The maximum Gasteiger partial charge on any atom is 0.237 e. The fourth-order valence-electron chi connectivity index (χ4n) is 3.81. The number of fused-ring (bicyclic) bond motifs is 2. The number of thiophene rings is 1. The van der Waals surface area contributed by atoms with Gasteiger partial charge in [-0.15, -0.1) is 11.3 Å². The second kappa shape index (κ2) is 6.79. The highest BCUT2D eigenvalue weighted by Gasteiger charge is 2.26. The summed E-state index contributed by atoms with van der Waals surface area (Å²) in [6, 6.07) is 9.99. The zero-order valence-corrected chi connectivity index (χ0v) is 17.7. The lowest BCUT2D eigenvalue weighted by Crippen LogP contribution is -2.44. The first-order valence-corrected chi connectivity index (χ1v) is 12.1. The third-order valence-electron chi connectivity index (χ3n) is 5.22. The molecule has 4 aromatic rings. The molecule has 0 aliphatic carbocycles. The number of hydrogen-bond acceptors (Lipinski definition) is 7. The molecule has 0 unspecified atom stereocenters. The molecule has 9 heteroatoms. The monoisotopic (exact) mass is 428 g/mol. The van der Waals surface area contributed by atoms with Gasteiger partial charge >= 0.3 is 0 Å². The molecule has 1 aliphatic rings. The van der Waals surface area contributed by atoms with Crippen LogP contribution in [0.3, 0.4) is 0 Å². The van der Waals surface area contributed by atoms with Crippen molar-refractivity contribution >= 4 is 48.3 Å². The molecule has 3 aromatic heterocycles. The molecule has 29 heavy (non-hydrogen) atoms. The lowest BCUT2D eigenvalue weighted by Gasteiger charge is -2.34. The summed E-state index contributed by atoms with van der Waals surface area (Å²) < 4.78 is 32.7. The molecule has 0 amide bonds. The topological polar surface area (TPSA) is 77.3 Å². The van der Waals surface area contributed by atoms with E-state index in [0.717, 1.165) is 26.9 Å². The summed E-state index contributed by atoms with van der Waals surface area (Å²) in [5.41, 5.74) is 1.30. The second-order valence-corrected chi connectivity index (χ2v) is 10.0. The lowest BCUT2D eigenvalue weighted by atomic mass is 10.1. The third-order valence-corrected chi connectivity index (χ3v) is 7.12. The van der Waals surface area contributed by atoms with Crippen LogP contribution in [0.1, 0.15) is 6.92 Å². The van der Waals surface area contributed by atoms with Crippen molar-refractivity contribution in [3.8, 4) is 11.4 Å². The first-order valence-electron chi connectivity index (χ1n) is 9.34. The van der Waals surface area contributed by atoms with E-state index in [2.05, 4.69) is 24.0 Å². The van der Waals surface area contributed by atoms with Crippen molar-refractivity contribution in [3.63, 3.8) is 0 Å². The highest BCUT2D eigenvalue weighted by Crippen LogP contribution is 2.34.